The summed E-state index contributed by atoms with van der Waals surface area (Å²) in [6, 6.07) is 5.60. The summed E-state index contributed by atoms with van der Waals surface area (Å²) >= 11 is 0. The molecule has 0 spiro atoms. The lowest BCUT2D eigenvalue weighted by Gasteiger charge is -2.46. The van der Waals surface area contributed by atoms with E-state index in [1.165, 1.54) is 19.1 Å². The fourth-order valence-electron chi connectivity index (χ4n) is 5.86. The highest BCUT2D eigenvalue weighted by Gasteiger charge is 2.46. The fraction of sp³-hybridized carbons (Fsp3) is 0.700. The van der Waals surface area contributed by atoms with Crippen LogP contribution in [0.3, 0.4) is 0 Å². The van der Waals surface area contributed by atoms with E-state index in [0.29, 0.717) is 26.1 Å². The van der Waals surface area contributed by atoms with E-state index < -0.39 is 6.04 Å². The van der Waals surface area contributed by atoms with Crippen LogP contribution in [0.25, 0.3) is 0 Å². The van der Waals surface area contributed by atoms with Crippen molar-refractivity contribution in [1.82, 2.24) is 20.0 Å². The van der Waals surface area contributed by atoms with Crippen molar-refractivity contribution in [3.63, 3.8) is 0 Å². The summed E-state index contributed by atoms with van der Waals surface area (Å²) in [4.78, 5) is 45.6. The van der Waals surface area contributed by atoms with Crippen LogP contribution in [0.5, 0.6) is 0 Å². The Kier molecular flexibility index (Phi) is 8.96. The fourth-order valence-corrected chi connectivity index (χ4v) is 5.86. The highest BCUT2D eigenvalue weighted by molar-refractivity contribution is 5.88. The van der Waals surface area contributed by atoms with Crippen LogP contribution >= 0.6 is 0 Å². The zero-order valence-electron chi connectivity index (χ0n) is 24.7. The van der Waals surface area contributed by atoms with Gasteiger partial charge in [-0.25, -0.2) is 4.39 Å². The molecule has 7 nitrogen and oxygen atoms in total. The lowest BCUT2D eigenvalue weighted by molar-refractivity contribution is -0.150. The third-order valence-electron chi connectivity index (χ3n) is 7.93. The number of hydrogen-bond donors (Lipinski definition) is 1. The quantitative estimate of drug-likeness (QED) is 0.624. The van der Waals surface area contributed by atoms with Crippen LogP contribution in [-0.4, -0.2) is 82.3 Å². The number of benzene rings is 1. The SMILES string of the molecule is CC(=O)NC(CC(C)(C)C)C(=O)N1C[C@H](C)N(C(=O)C2CN(C(C)(C)C)CC2c2ccc(F)cc2)C[C@H]1C. The molecular weight excluding hydrogens is 483 g/mol. The molecule has 8 heteroatoms. The van der Waals surface area contributed by atoms with Crippen LogP contribution < -0.4 is 5.32 Å². The largest absolute Gasteiger partial charge is 0.345 e. The molecule has 1 N–H and O–H groups in total. The van der Waals surface area contributed by atoms with E-state index in [4.69, 9.17) is 0 Å². The summed E-state index contributed by atoms with van der Waals surface area (Å²) in [5.41, 5.74) is 0.751. The van der Waals surface area contributed by atoms with Crippen LogP contribution in [0, 0.1) is 17.2 Å². The molecule has 1 aromatic rings. The van der Waals surface area contributed by atoms with Gasteiger partial charge in [-0.2, -0.15) is 0 Å². The molecule has 2 saturated heterocycles. The number of nitrogens with one attached hydrogen (secondary N) is 1. The van der Waals surface area contributed by atoms with Gasteiger partial charge in [0.15, 0.2) is 0 Å². The Morgan fingerprint density at radius 2 is 1.47 bits per heavy atom. The lowest BCUT2D eigenvalue weighted by Crippen LogP contribution is -2.63. The normalized spacial score (nSPS) is 25.8. The summed E-state index contributed by atoms with van der Waals surface area (Å²) < 4.78 is 13.7. The topological polar surface area (TPSA) is 73.0 Å². The number of likely N-dealkylation sites (tertiary alicyclic amines) is 1. The first-order valence-electron chi connectivity index (χ1n) is 13.9. The summed E-state index contributed by atoms with van der Waals surface area (Å²) in [6.07, 6.45) is 0.537. The van der Waals surface area contributed by atoms with Crippen molar-refractivity contribution in [2.75, 3.05) is 26.2 Å². The zero-order valence-corrected chi connectivity index (χ0v) is 24.7. The van der Waals surface area contributed by atoms with Gasteiger partial charge in [-0.3, -0.25) is 19.3 Å². The number of carbonyl (C=O) groups is 3. The van der Waals surface area contributed by atoms with Crippen LogP contribution in [0.15, 0.2) is 24.3 Å². The molecule has 3 rings (SSSR count). The maximum absolute atomic E-state index is 14.1. The molecule has 38 heavy (non-hydrogen) atoms. The number of piperazine rings is 1. The Balaban J connectivity index is 1.80. The van der Waals surface area contributed by atoms with Gasteiger partial charge < -0.3 is 15.1 Å². The Morgan fingerprint density at radius 3 is 2.00 bits per heavy atom. The highest BCUT2D eigenvalue weighted by atomic mass is 19.1. The number of halogens is 1. The first kappa shape index (κ1) is 30.1. The molecule has 2 heterocycles. The minimum atomic E-state index is -0.595. The molecule has 0 saturated carbocycles. The van der Waals surface area contributed by atoms with Gasteiger partial charge in [0.25, 0.3) is 0 Å². The van der Waals surface area contributed by atoms with Crippen molar-refractivity contribution in [1.29, 1.82) is 0 Å². The number of amides is 3. The molecule has 0 radical (unpaired) electrons. The van der Waals surface area contributed by atoms with Crippen molar-refractivity contribution in [3.05, 3.63) is 35.6 Å². The van der Waals surface area contributed by atoms with E-state index in [9.17, 15) is 18.8 Å². The van der Waals surface area contributed by atoms with E-state index in [1.54, 1.807) is 12.1 Å². The van der Waals surface area contributed by atoms with Crippen LogP contribution in [0.1, 0.15) is 80.2 Å². The Hall–Kier alpha value is -2.48. The lowest BCUT2D eigenvalue weighted by atomic mass is 9.86. The maximum atomic E-state index is 14.1. The molecule has 2 aliphatic rings. The first-order chi connectivity index (χ1) is 17.5. The van der Waals surface area contributed by atoms with Gasteiger partial charge in [-0.05, 0) is 64.2 Å². The molecular formula is C30H47FN4O3. The van der Waals surface area contributed by atoms with Gasteiger partial charge in [0.2, 0.25) is 17.7 Å². The van der Waals surface area contributed by atoms with Crippen molar-refractivity contribution in [2.45, 2.75) is 98.3 Å². The van der Waals surface area contributed by atoms with Gasteiger partial charge in [-0.1, -0.05) is 32.9 Å². The Labute approximate surface area is 228 Å². The molecule has 2 aliphatic heterocycles. The van der Waals surface area contributed by atoms with Gasteiger partial charge in [0, 0.05) is 56.6 Å². The number of rotatable bonds is 5. The third-order valence-corrected chi connectivity index (χ3v) is 7.93. The molecule has 0 aliphatic carbocycles. The molecule has 1 aromatic carbocycles. The van der Waals surface area contributed by atoms with Gasteiger partial charge in [-0.15, -0.1) is 0 Å². The van der Waals surface area contributed by atoms with E-state index in [-0.39, 0.29) is 58.4 Å². The van der Waals surface area contributed by atoms with Gasteiger partial charge in [0.1, 0.15) is 11.9 Å². The standard InChI is InChI=1S/C30H47FN4O3/c1-19-16-35(28(38)26(32-21(3)36)14-29(4,5)6)20(2)15-34(19)27(37)25-18-33(30(7,8)9)17-24(25)22-10-12-23(31)13-11-22/h10-13,19-20,24-26H,14-18H2,1-9H3,(H,32,36)/t19-,20+,24?,25?,26?/m0/s1. The van der Waals surface area contributed by atoms with Crippen LogP contribution in [0.4, 0.5) is 4.39 Å². The molecule has 5 atom stereocenters. The molecule has 3 amide bonds. The highest BCUT2D eigenvalue weighted by Crippen LogP contribution is 2.38. The van der Waals surface area contributed by atoms with Crippen molar-refractivity contribution in [3.8, 4) is 0 Å². The third kappa shape index (κ3) is 7.13. The van der Waals surface area contributed by atoms with Crippen molar-refractivity contribution >= 4 is 17.7 Å². The summed E-state index contributed by atoms with van der Waals surface area (Å²) in [7, 11) is 0. The van der Waals surface area contributed by atoms with E-state index in [0.717, 1.165) is 12.1 Å². The second kappa shape index (κ2) is 11.3. The monoisotopic (exact) mass is 530 g/mol. The number of nitrogens with zero attached hydrogens (tertiary/aromatic N) is 3. The van der Waals surface area contributed by atoms with Crippen LogP contribution in [-0.2, 0) is 14.4 Å². The summed E-state index contributed by atoms with van der Waals surface area (Å²) in [5, 5.41) is 2.85. The van der Waals surface area contributed by atoms with Gasteiger partial charge in [0.05, 0.1) is 5.92 Å². The number of hydrogen-bond acceptors (Lipinski definition) is 4. The minimum absolute atomic E-state index is 0.0274. The maximum Gasteiger partial charge on any atom is 0.245 e. The smallest absolute Gasteiger partial charge is 0.245 e. The second-order valence-corrected chi connectivity index (χ2v) is 13.5. The predicted molar refractivity (Wildman–Crippen MR) is 148 cm³/mol. The van der Waals surface area contributed by atoms with Gasteiger partial charge >= 0.3 is 0 Å². The van der Waals surface area contributed by atoms with Crippen molar-refractivity contribution in [2.24, 2.45) is 11.3 Å². The van der Waals surface area contributed by atoms with Crippen molar-refractivity contribution < 1.29 is 18.8 Å². The van der Waals surface area contributed by atoms with E-state index in [2.05, 4.69) is 51.8 Å². The van der Waals surface area contributed by atoms with Crippen LogP contribution in [0.2, 0.25) is 0 Å². The molecule has 0 bridgehead atoms. The summed E-state index contributed by atoms with van der Waals surface area (Å²) in [6.45, 7) is 20.3. The Morgan fingerprint density at radius 1 is 0.921 bits per heavy atom. The Bertz CT molecular complexity index is 1010. The number of carbonyl (C=O) groups excluding carboxylic acids is 3. The van der Waals surface area contributed by atoms with E-state index >= 15 is 0 Å². The predicted octanol–water partition coefficient (Wildman–Crippen LogP) is 4.03. The molecule has 2 fully saturated rings. The average molecular weight is 531 g/mol. The second-order valence-electron chi connectivity index (χ2n) is 13.5. The van der Waals surface area contributed by atoms with E-state index in [1.807, 2.05) is 23.6 Å². The molecule has 0 aromatic heterocycles. The minimum Gasteiger partial charge on any atom is -0.345 e. The average Bonchev–Trinajstić information content (AvgIpc) is 3.24. The summed E-state index contributed by atoms with van der Waals surface area (Å²) in [5.74, 6) is -0.783. The zero-order chi connectivity index (χ0) is 28.6. The molecule has 3 unspecified atom stereocenters. The first-order valence-corrected chi connectivity index (χ1v) is 13.9. The molecule has 212 valence electrons.